The van der Waals surface area contributed by atoms with E-state index in [-0.39, 0.29) is 24.5 Å². The molecule has 10 heteroatoms. The molecular formula is C10H12N4O5S. The maximum atomic E-state index is 11.8. The topological polar surface area (TPSA) is 136 Å². The minimum Gasteiger partial charge on any atom is -0.295 e. The van der Waals surface area contributed by atoms with Crippen LogP contribution < -0.4 is 10.0 Å². The molecule has 0 bridgehead atoms. The van der Waals surface area contributed by atoms with Crippen molar-refractivity contribution >= 4 is 27.4 Å². The fraction of sp³-hybridized carbons (Fsp3) is 0.400. The Hall–Kier alpha value is -2.07. The van der Waals surface area contributed by atoms with E-state index >= 15 is 0 Å². The number of amides is 1. The number of primary sulfonamides is 1. The minimum absolute atomic E-state index is 0.0953. The van der Waals surface area contributed by atoms with Gasteiger partial charge in [0.05, 0.1) is 4.92 Å². The van der Waals surface area contributed by atoms with Gasteiger partial charge in [0.15, 0.2) is 0 Å². The number of aromatic nitrogens is 1. The van der Waals surface area contributed by atoms with Crippen LogP contribution >= 0.6 is 0 Å². The lowest BCUT2D eigenvalue weighted by molar-refractivity contribution is -0.385. The van der Waals surface area contributed by atoms with Crippen molar-refractivity contribution in [3.05, 3.63) is 27.9 Å². The molecule has 20 heavy (non-hydrogen) atoms. The number of hydrogen-bond donors (Lipinski definition) is 1. The van der Waals surface area contributed by atoms with Crippen LogP contribution in [0.25, 0.3) is 0 Å². The van der Waals surface area contributed by atoms with E-state index in [2.05, 4.69) is 4.98 Å². The normalized spacial score (nSPS) is 19.4. The molecule has 1 aromatic rings. The van der Waals surface area contributed by atoms with Gasteiger partial charge < -0.3 is 0 Å². The van der Waals surface area contributed by atoms with Crippen molar-refractivity contribution in [3.8, 4) is 0 Å². The van der Waals surface area contributed by atoms with Crippen LogP contribution in [0.1, 0.15) is 12.0 Å². The van der Waals surface area contributed by atoms with Gasteiger partial charge in [-0.15, -0.1) is 0 Å². The van der Waals surface area contributed by atoms with Gasteiger partial charge in [-0.25, -0.2) is 18.5 Å². The number of carbonyl (C=O) groups excluding carboxylic acids is 1. The van der Waals surface area contributed by atoms with Crippen LogP contribution in [0.4, 0.5) is 11.5 Å². The number of aryl methyl sites for hydroxylation is 1. The smallest absolute Gasteiger partial charge is 0.290 e. The Kier molecular flexibility index (Phi) is 3.44. The molecule has 0 radical (unpaired) electrons. The SMILES string of the molecule is Cc1cc(N2CC(S(N)(=O)=O)CC2=O)ncc1[N+](=O)[O-]. The Balaban J connectivity index is 2.31. The number of rotatable bonds is 3. The summed E-state index contributed by atoms with van der Waals surface area (Å²) in [5, 5.41) is 14.7. The zero-order chi connectivity index (χ0) is 15.1. The van der Waals surface area contributed by atoms with E-state index in [1.807, 2.05) is 0 Å². The first-order chi connectivity index (χ1) is 9.20. The Morgan fingerprint density at radius 3 is 2.65 bits per heavy atom. The first-order valence-corrected chi connectivity index (χ1v) is 7.24. The maximum absolute atomic E-state index is 11.8. The molecule has 1 aliphatic rings. The van der Waals surface area contributed by atoms with Gasteiger partial charge in [0.2, 0.25) is 15.9 Å². The van der Waals surface area contributed by atoms with Gasteiger partial charge >= 0.3 is 0 Å². The predicted molar refractivity (Wildman–Crippen MR) is 69.5 cm³/mol. The zero-order valence-electron chi connectivity index (χ0n) is 10.5. The van der Waals surface area contributed by atoms with E-state index in [4.69, 9.17) is 5.14 Å². The van der Waals surface area contributed by atoms with Gasteiger partial charge in [-0.2, -0.15) is 0 Å². The molecule has 1 aromatic heterocycles. The van der Waals surface area contributed by atoms with Crippen molar-refractivity contribution in [2.24, 2.45) is 5.14 Å². The van der Waals surface area contributed by atoms with Crippen LogP contribution in [0.5, 0.6) is 0 Å². The van der Waals surface area contributed by atoms with Crippen LogP contribution in [0.15, 0.2) is 12.3 Å². The lowest BCUT2D eigenvalue weighted by Gasteiger charge is -2.15. The van der Waals surface area contributed by atoms with Gasteiger partial charge in [-0.3, -0.25) is 19.8 Å². The molecular weight excluding hydrogens is 288 g/mol. The summed E-state index contributed by atoms with van der Waals surface area (Å²) in [7, 11) is -3.81. The number of nitrogens with two attached hydrogens (primary N) is 1. The highest BCUT2D eigenvalue weighted by Crippen LogP contribution is 2.26. The number of sulfonamides is 1. The van der Waals surface area contributed by atoms with E-state index in [9.17, 15) is 23.3 Å². The molecule has 2 heterocycles. The zero-order valence-corrected chi connectivity index (χ0v) is 11.3. The first-order valence-electron chi connectivity index (χ1n) is 5.63. The minimum atomic E-state index is -3.81. The summed E-state index contributed by atoms with van der Waals surface area (Å²) in [5.41, 5.74) is 0.176. The predicted octanol–water partition coefficient (Wildman–Crippen LogP) is -0.308. The van der Waals surface area contributed by atoms with Crippen molar-refractivity contribution in [2.45, 2.75) is 18.6 Å². The monoisotopic (exact) mass is 300 g/mol. The molecule has 108 valence electrons. The van der Waals surface area contributed by atoms with Crippen molar-refractivity contribution in [1.82, 2.24) is 4.98 Å². The number of pyridine rings is 1. The van der Waals surface area contributed by atoms with E-state index < -0.39 is 26.1 Å². The van der Waals surface area contributed by atoms with Crippen molar-refractivity contribution in [2.75, 3.05) is 11.4 Å². The summed E-state index contributed by atoms with van der Waals surface area (Å²) in [5.74, 6) is -0.242. The lowest BCUT2D eigenvalue weighted by Crippen LogP contribution is -2.32. The fourth-order valence-corrected chi connectivity index (χ4v) is 2.72. The van der Waals surface area contributed by atoms with Crippen LogP contribution in [0.2, 0.25) is 0 Å². The molecule has 2 rings (SSSR count). The van der Waals surface area contributed by atoms with Crippen molar-refractivity contribution < 1.29 is 18.1 Å². The molecule has 9 nitrogen and oxygen atoms in total. The summed E-state index contributed by atoms with van der Waals surface area (Å²) in [6.45, 7) is 1.42. The molecule has 1 unspecified atom stereocenters. The lowest BCUT2D eigenvalue weighted by atomic mass is 10.2. The summed E-state index contributed by atoms with van der Waals surface area (Å²) < 4.78 is 22.5. The molecule has 1 atom stereocenters. The van der Waals surface area contributed by atoms with E-state index in [1.165, 1.54) is 17.9 Å². The number of nitrogens with zero attached hydrogens (tertiary/aromatic N) is 3. The van der Waals surface area contributed by atoms with Gasteiger partial charge in [0.25, 0.3) is 5.69 Å². The Labute approximate surface area is 114 Å². The van der Waals surface area contributed by atoms with Crippen LogP contribution in [0.3, 0.4) is 0 Å². The average Bonchev–Trinajstić information content (AvgIpc) is 2.70. The third kappa shape index (κ3) is 2.60. The highest BCUT2D eigenvalue weighted by atomic mass is 32.2. The van der Waals surface area contributed by atoms with E-state index in [0.29, 0.717) is 5.56 Å². The summed E-state index contributed by atoms with van der Waals surface area (Å²) in [4.78, 5) is 26.9. The van der Waals surface area contributed by atoms with Crippen LogP contribution in [0, 0.1) is 17.0 Å². The fourth-order valence-electron chi connectivity index (χ4n) is 1.99. The summed E-state index contributed by atoms with van der Waals surface area (Å²) >= 11 is 0. The van der Waals surface area contributed by atoms with Crippen LogP contribution in [-0.2, 0) is 14.8 Å². The number of nitro groups is 1. The molecule has 0 aliphatic carbocycles. The van der Waals surface area contributed by atoms with Gasteiger partial charge in [0.1, 0.15) is 17.3 Å². The van der Waals surface area contributed by atoms with Gasteiger partial charge in [-0.05, 0) is 13.0 Å². The third-order valence-electron chi connectivity index (χ3n) is 3.10. The van der Waals surface area contributed by atoms with Crippen molar-refractivity contribution in [3.63, 3.8) is 0 Å². The number of hydrogen-bond acceptors (Lipinski definition) is 6. The van der Waals surface area contributed by atoms with E-state index in [1.54, 1.807) is 0 Å². The van der Waals surface area contributed by atoms with Crippen LogP contribution in [-0.4, -0.2) is 36.0 Å². The standard InChI is InChI=1S/C10H12N4O5S/c1-6-2-9(12-4-8(6)14(16)17)13-5-7(3-10(13)15)20(11,18)19/h2,4,7H,3,5H2,1H3,(H2,11,18,19). The summed E-state index contributed by atoms with van der Waals surface area (Å²) in [6, 6.07) is 1.38. The molecule has 1 aliphatic heterocycles. The molecule has 0 saturated carbocycles. The Morgan fingerprint density at radius 2 is 2.20 bits per heavy atom. The molecule has 1 fully saturated rings. The molecule has 0 aromatic carbocycles. The highest BCUT2D eigenvalue weighted by Gasteiger charge is 2.38. The largest absolute Gasteiger partial charge is 0.295 e. The average molecular weight is 300 g/mol. The molecule has 1 saturated heterocycles. The molecule has 1 amide bonds. The Bertz CT molecular complexity index is 687. The first kappa shape index (κ1) is 14.3. The highest BCUT2D eigenvalue weighted by molar-refractivity contribution is 7.89. The van der Waals surface area contributed by atoms with Gasteiger partial charge in [0, 0.05) is 18.5 Å². The third-order valence-corrected chi connectivity index (χ3v) is 4.34. The quantitative estimate of drug-likeness (QED) is 0.600. The Morgan fingerprint density at radius 1 is 1.55 bits per heavy atom. The second-order valence-corrected chi connectivity index (χ2v) is 6.35. The van der Waals surface area contributed by atoms with E-state index in [0.717, 1.165) is 6.20 Å². The maximum Gasteiger partial charge on any atom is 0.290 e. The second-order valence-electron chi connectivity index (χ2n) is 4.51. The second kappa shape index (κ2) is 4.80. The number of carbonyl (C=O) groups is 1. The summed E-state index contributed by atoms with van der Waals surface area (Å²) in [6.07, 6.45) is 0.832. The van der Waals surface area contributed by atoms with Gasteiger partial charge in [-0.1, -0.05) is 0 Å². The number of anilines is 1. The van der Waals surface area contributed by atoms with Crippen molar-refractivity contribution in [1.29, 1.82) is 0 Å². The molecule has 2 N–H and O–H groups in total. The molecule has 0 spiro atoms.